The molecule has 1 aliphatic carbocycles. The molecule has 0 aromatic heterocycles. The van der Waals surface area contributed by atoms with Crippen LogP contribution in [-0.4, -0.2) is 27.5 Å². The predicted molar refractivity (Wildman–Crippen MR) is 74.1 cm³/mol. The first kappa shape index (κ1) is 14.2. The molecule has 4 N–H and O–H groups in total. The van der Waals surface area contributed by atoms with Gasteiger partial charge in [0.05, 0.1) is 6.61 Å². The second kappa shape index (κ2) is 5.80. The number of aromatic hydroxyl groups is 2. The molecule has 0 spiro atoms. The molecule has 0 atom stereocenters. The van der Waals surface area contributed by atoms with Crippen molar-refractivity contribution in [1.82, 2.24) is 5.32 Å². The topological polar surface area (TPSA) is 72.7 Å². The van der Waals surface area contributed by atoms with Crippen molar-refractivity contribution in [1.29, 1.82) is 0 Å². The highest BCUT2D eigenvalue weighted by molar-refractivity contribution is 5.44. The van der Waals surface area contributed by atoms with Gasteiger partial charge in [0, 0.05) is 17.6 Å². The van der Waals surface area contributed by atoms with Crippen LogP contribution in [-0.2, 0) is 6.54 Å². The molecule has 0 saturated heterocycles. The molecule has 1 fully saturated rings. The molecule has 1 aromatic carbocycles. The van der Waals surface area contributed by atoms with Gasteiger partial charge in [0.2, 0.25) is 0 Å². The van der Waals surface area contributed by atoms with Crippen molar-refractivity contribution >= 4 is 0 Å². The molecule has 4 nitrogen and oxygen atoms in total. The molecular weight excluding hydrogens is 242 g/mol. The zero-order valence-electron chi connectivity index (χ0n) is 11.4. The first-order chi connectivity index (χ1) is 9.06. The van der Waals surface area contributed by atoms with Crippen LogP contribution in [0.5, 0.6) is 11.5 Å². The van der Waals surface area contributed by atoms with Gasteiger partial charge in [-0.05, 0) is 37.7 Å². The number of benzene rings is 1. The number of hydrogen-bond donors (Lipinski definition) is 4. The smallest absolute Gasteiger partial charge is 0.161 e. The molecule has 0 amide bonds. The van der Waals surface area contributed by atoms with Crippen molar-refractivity contribution in [2.75, 3.05) is 6.61 Å². The first-order valence-corrected chi connectivity index (χ1v) is 6.92. The van der Waals surface area contributed by atoms with E-state index in [2.05, 4.69) is 12.2 Å². The highest BCUT2D eigenvalue weighted by Crippen LogP contribution is 2.33. The maximum absolute atomic E-state index is 9.77. The van der Waals surface area contributed by atoms with Crippen molar-refractivity contribution < 1.29 is 15.3 Å². The third-order valence-electron chi connectivity index (χ3n) is 4.29. The summed E-state index contributed by atoms with van der Waals surface area (Å²) in [7, 11) is 0. The van der Waals surface area contributed by atoms with Gasteiger partial charge in [0.15, 0.2) is 11.5 Å². The summed E-state index contributed by atoms with van der Waals surface area (Å²) in [6.45, 7) is 2.80. The Morgan fingerprint density at radius 3 is 2.58 bits per heavy atom. The SMILES string of the molecule is CC1CCC(CO)(NCc2cccc(O)c2O)CC1. The molecule has 0 aliphatic heterocycles. The minimum Gasteiger partial charge on any atom is -0.504 e. The first-order valence-electron chi connectivity index (χ1n) is 6.92. The number of nitrogens with one attached hydrogen (secondary N) is 1. The Labute approximate surface area is 114 Å². The number of para-hydroxylation sites is 1. The van der Waals surface area contributed by atoms with E-state index in [0.29, 0.717) is 12.1 Å². The van der Waals surface area contributed by atoms with Gasteiger partial charge in [0.25, 0.3) is 0 Å². The Morgan fingerprint density at radius 1 is 1.26 bits per heavy atom. The van der Waals surface area contributed by atoms with Gasteiger partial charge in [-0.2, -0.15) is 0 Å². The number of aliphatic hydroxyl groups excluding tert-OH is 1. The molecule has 0 bridgehead atoms. The summed E-state index contributed by atoms with van der Waals surface area (Å²) in [5.74, 6) is 0.539. The van der Waals surface area contributed by atoms with Crippen LogP contribution in [0.25, 0.3) is 0 Å². The number of phenolic OH excluding ortho intramolecular Hbond substituents is 2. The third-order valence-corrected chi connectivity index (χ3v) is 4.29. The lowest BCUT2D eigenvalue weighted by Gasteiger charge is -2.39. The van der Waals surface area contributed by atoms with Crippen molar-refractivity contribution in [2.24, 2.45) is 5.92 Å². The highest BCUT2D eigenvalue weighted by atomic mass is 16.3. The molecule has 2 rings (SSSR count). The van der Waals surface area contributed by atoms with Gasteiger partial charge >= 0.3 is 0 Å². The summed E-state index contributed by atoms with van der Waals surface area (Å²) in [5, 5.41) is 32.3. The summed E-state index contributed by atoms with van der Waals surface area (Å²) in [6, 6.07) is 4.95. The normalized spacial score (nSPS) is 27.4. The van der Waals surface area contributed by atoms with E-state index in [1.165, 1.54) is 6.07 Å². The number of phenols is 2. The minimum atomic E-state index is -0.246. The molecule has 1 saturated carbocycles. The summed E-state index contributed by atoms with van der Waals surface area (Å²) >= 11 is 0. The quantitative estimate of drug-likeness (QED) is 0.629. The van der Waals surface area contributed by atoms with E-state index in [1.807, 2.05) is 0 Å². The van der Waals surface area contributed by atoms with Crippen LogP contribution < -0.4 is 5.32 Å². The standard InChI is InChI=1S/C15H23NO3/c1-11-5-7-15(10-17,8-6-11)16-9-12-3-2-4-13(18)14(12)19/h2-4,11,16-19H,5-10H2,1H3. The fraction of sp³-hybridized carbons (Fsp3) is 0.600. The van der Waals surface area contributed by atoms with E-state index in [1.54, 1.807) is 12.1 Å². The van der Waals surface area contributed by atoms with E-state index in [4.69, 9.17) is 0 Å². The van der Waals surface area contributed by atoms with E-state index in [0.717, 1.165) is 31.6 Å². The van der Waals surface area contributed by atoms with Crippen LogP contribution in [0.3, 0.4) is 0 Å². The molecule has 19 heavy (non-hydrogen) atoms. The van der Waals surface area contributed by atoms with Gasteiger partial charge in [-0.25, -0.2) is 0 Å². The Balaban J connectivity index is 2.02. The summed E-state index contributed by atoms with van der Waals surface area (Å²) in [4.78, 5) is 0. The molecule has 4 heteroatoms. The zero-order chi connectivity index (χ0) is 13.9. The second-order valence-electron chi connectivity index (χ2n) is 5.76. The summed E-state index contributed by atoms with van der Waals surface area (Å²) in [6.07, 6.45) is 4.12. The van der Waals surface area contributed by atoms with Crippen molar-refractivity contribution in [3.05, 3.63) is 23.8 Å². The number of rotatable bonds is 4. The Kier molecular flexibility index (Phi) is 4.32. The Hall–Kier alpha value is -1.26. The van der Waals surface area contributed by atoms with Gasteiger partial charge < -0.3 is 20.6 Å². The van der Waals surface area contributed by atoms with Gasteiger partial charge in [0.1, 0.15) is 0 Å². The van der Waals surface area contributed by atoms with Crippen molar-refractivity contribution in [3.63, 3.8) is 0 Å². The summed E-state index contributed by atoms with van der Waals surface area (Å²) in [5.41, 5.74) is 0.413. The average Bonchev–Trinajstić information content (AvgIpc) is 2.43. The predicted octanol–water partition coefficient (Wildman–Crippen LogP) is 2.13. The Morgan fingerprint density at radius 2 is 1.95 bits per heavy atom. The van der Waals surface area contributed by atoms with E-state index >= 15 is 0 Å². The largest absolute Gasteiger partial charge is 0.504 e. The fourth-order valence-electron chi connectivity index (χ4n) is 2.71. The monoisotopic (exact) mass is 265 g/mol. The second-order valence-corrected chi connectivity index (χ2v) is 5.76. The van der Waals surface area contributed by atoms with Gasteiger partial charge in [-0.15, -0.1) is 0 Å². The lowest BCUT2D eigenvalue weighted by molar-refractivity contribution is 0.104. The minimum absolute atomic E-state index is 0.0766. The number of aliphatic hydroxyl groups is 1. The molecule has 0 heterocycles. The molecule has 106 valence electrons. The van der Waals surface area contributed by atoms with Crippen molar-refractivity contribution in [3.8, 4) is 11.5 Å². The maximum Gasteiger partial charge on any atom is 0.161 e. The molecule has 0 unspecified atom stereocenters. The van der Waals surface area contributed by atoms with Crippen LogP contribution in [0.2, 0.25) is 0 Å². The lowest BCUT2D eigenvalue weighted by Crippen LogP contribution is -2.50. The molecule has 1 aromatic rings. The molecular formula is C15H23NO3. The van der Waals surface area contributed by atoms with Gasteiger partial charge in [-0.3, -0.25) is 0 Å². The zero-order valence-corrected chi connectivity index (χ0v) is 11.4. The van der Waals surface area contributed by atoms with Crippen LogP contribution >= 0.6 is 0 Å². The summed E-state index contributed by atoms with van der Waals surface area (Å²) < 4.78 is 0. The third kappa shape index (κ3) is 3.19. The van der Waals surface area contributed by atoms with E-state index in [-0.39, 0.29) is 23.6 Å². The van der Waals surface area contributed by atoms with Gasteiger partial charge in [-0.1, -0.05) is 19.1 Å². The van der Waals surface area contributed by atoms with E-state index < -0.39 is 0 Å². The van der Waals surface area contributed by atoms with Crippen LogP contribution in [0.15, 0.2) is 18.2 Å². The van der Waals surface area contributed by atoms with E-state index in [9.17, 15) is 15.3 Å². The number of hydrogen-bond acceptors (Lipinski definition) is 4. The van der Waals surface area contributed by atoms with Crippen LogP contribution in [0.1, 0.15) is 38.2 Å². The maximum atomic E-state index is 9.77. The molecule has 0 radical (unpaired) electrons. The van der Waals surface area contributed by atoms with Crippen LogP contribution in [0.4, 0.5) is 0 Å². The van der Waals surface area contributed by atoms with Crippen molar-refractivity contribution in [2.45, 2.75) is 44.7 Å². The average molecular weight is 265 g/mol. The lowest BCUT2D eigenvalue weighted by atomic mass is 9.77. The van der Waals surface area contributed by atoms with Crippen LogP contribution in [0, 0.1) is 5.92 Å². The fourth-order valence-corrected chi connectivity index (χ4v) is 2.71. The Bertz CT molecular complexity index is 425. The highest BCUT2D eigenvalue weighted by Gasteiger charge is 2.33. The molecule has 1 aliphatic rings.